The number of hydrogen-bond acceptors (Lipinski definition) is 5. The van der Waals surface area contributed by atoms with Gasteiger partial charge in [-0.15, -0.1) is 0 Å². The van der Waals surface area contributed by atoms with Gasteiger partial charge in [0.1, 0.15) is 5.54 Å². The minimum absolute atomic E-state index is 0.293. The van der Waals surface area contributed by atoms with Gasteiger partial charge in [0.2, 0.25) is 0 Å². The molecule has 1 fully saturated rings. The normalized spacial score (nSPS) is 19.1. The number of nitriles is 1. The number of ether oxygens (including phenoxy) is 3. The Kier molecular flexibility index (Phi) is 5.71. The van der Waals surface area contributed by atoms with Gasteiger partial charge in [-0.1, -0.05) is 0 Å². The van der Waals surface area contributed by atoms with Crippen molar-refractivity contribution in [2.24, 2.45) is 11.7 Å². The number of methoxy groups -OCH3 is 1. The van der Waals surface area contributed by atoms with E-state index in [4.69, 9.17) is 25.2 Å². The summed E-state index contributed by atoms with van der Waals surface area (Å²) >= 11 is 0. The molecule has 1 aliphatic carbocycles. The highest BCUT2D eigenvalue weighted by Gasteiger charge is 2.42. The van der Waals surface area contributed by atoms with Crippen LogP contribution in [0.25, 0.3) is 0 Å². The van der Waals surface area contributed by atoms with Crippen LogP contribution in [-0.2, 0) is 14.2 Å². The molecule has 1 atom stereocenters. The average Bonchev–Trinajstić information content (AvgIpc) is 3.12. The summed E-state index contributed by atoms with van der Waals surface area (Å²) < 4.78 is 15.4. The first-order chi connectivity index (χ1) is 7.73. The minimum atomic E-state index is -0.799. The molecule has 0 radical (unpaired) electrons. The first kappa shape index (κ1) is 13.4. The van der Waals surface area contributed by atoms with Gasteiger partial charge in [-0.2, -0.15) is 5.26 Å². The van der Waals surface area contributed by atoms with Crippen molar-refractivity contribution in [2.75, 3.05) is 40.1 Å². The lowest BCUT2D eigenvalue weighted by atomic mass is 9.98. The van der Waals surface area contributed by atoms with Crippen molar-refractivity contribution in [2.45, 2.75) is 18.4 Å². The van der Waals surface area contributed by atoms with Crippen molar-refractivity contribution >= 4 is 0 Å². The Hall–Kier alpha value is -0.670. The second kappa shape index (κ2) is 6.81. The predicted octanol–water partition coefficient (Wildman–Crippen LogP) is 0.297. The standard InChI is InChI=1S/C11H20N2O3/c1-14-4-5-15-6-7-16-9-11(13,8-12)10-2-3-10/h10H,2-7,9,13H2,1H3. The molecular weight excluding hydrogens is 208 g/mol. The van der Waals surface area contributed by atoms with Crippen LogP contribution in [0, 0.1) is 17.2 Å². The van der Waals surface area contributed by atoms with Crippen molar-refractivity contribution < 1.29 is 14.2 Å². The zero-order valence-corrected chi connectivity index (χ0v) is 9.78. The fourth-order valence-electron chi connectivity index (χ4n) is 1.44. The zero-order valence-electron chi connectivity index (χ0n) is 9.78. The Morgan fingerprint density at radius 2 is 1.88 bits per heavy atom. The predicted molar refractivity (Wildman–Crippen MR) is 58.8 cm³/mol. The molecule has 92 valence electrons. The van der Waals surface area contributed by atoms with Crippen molar-refractivity contribution in [1.29, 1.82) is 5.26 Å². The quantitative estimate of drug-likeness (QED) is 0.574. The molecule has 0 amide bonds. The third-order valence-corrected chi connectivity index (χ3v) is 2.66. The van der Waals surface area contributed by atoms with Crippen LogP contribution in [0.4, 0.5) is 0 Å². The summed E-state index contributed by atoms with van der Waals surface area (Å²) in [5, 5.41) is 8.97. The lowest BCUT2D eigenvalue weighted by Gasteiger charge is -2.20. The van der Waals surface area contributed by atoms with E-state index in [0.717, 1.165) is 12.8 Å². The van der Waals surface area contributed by atoms with E-state index in [1.165, 1.54) is 0 Å². The van der Waals surface area contributed by atoms with Crippen LogP contribution in [0.3, 0.4) is 0 Å². The van der Waals surface area contributed by atoms with Gasteiger partial charge < -0.3 is 19.9 Å². The lowest BCUT2D eigenvalue weighted by molar-refractivity contribution is 0.0148. The highest BCUT2D eigenvalue weighted by molar-refractivity contribution is 5.13. The van der Waals surface area contributed by atoms with Crippen LogP contribution < -0.4 is 5.73 Å². The molecule has 0 saturated heterocycles. The highest BCUT2D eigenvalue weighted by atomic mass is 16.5. The molecule has 0 heterocycles. The van der Waals surface area contributed by atoms with E-state index in [1.807, 2.05) is 0 Å². The van der Waals surface area contributed by atoms with Gasteiger partial charge in [-0.3, -0.25) is 0 Å². The molecule has 2 N–H and O–H groups in total. The second-order valence-electron chi connectivity index (χ2n) is 4.08. The molecule has 5 heteroatoms. The van der Waals surface area contributed by atoms with Crippen LogP contribution >= 0.6 is 0 Å². The van der Waals surface area contributed by atoms with Crippen LogP contribution in [0.15, 0.2) is 0 Å². The summed E-state index contributed by atoms with van der Waals surface area (Å²) in [4.78, 5) is 0. The Bertz CT molecular complexity index is 238. The van der Waals surface area contributed by atoms with Crippen molar-refractivity contribution in [3.05, 3.63) is 0 Å². The van der Waals surface area contributed by atoms with E-state index in [-0.39, 0.29) is 0 Å². The molecule has 1 saturated carbocycles. The second-order valence-corrected chi connectivity index (χ2v) is 4.08. The molecule has 16 heavy (non-hydrogen) atoms. The Balaban J connectivity index is 1.99. The first-order valence-corrected chi connectivity index (χ1v) is 5.57. The summed E-state index contributed by atoms with van der Waals surface area (Å²) in [6.45, 7) is 2.42. The molecule has 5 nitrogen and oxygen atoms in total. The summed E-state index contributed by atoms with van der Waals surface area (Å²) in [5.41, 5.74) is 5.12. The number of hydrogen-bond donors (Lipinski definition) is 1. The minimum Gasteiger partial charge on any atom is -0.382 e. The fraction of sp³-hybridized carbons (Fsp3) is 0.909. The number of nitrogens with zero attached hydrogens (tertiary/aromatic N) is 1. The summed E-state index contributed by atoms with van der Waals surface area (Å²) in [7, 11) is 1.63. The monoisotopic (exact) mass is 228 g/mol. The van der Waals surface area contributed by atoms with E-state index in [2.05, 4.69) is 6.07 Å². The summed E-state index contributed by atoms with van der Waals surface area (Å²) in [6.07, 6.45) is 2.08. The van der Waals surface area contributed by atoms with Gasteiger partial charge in [0.05, 0.1) is 39.1 Å². The SMILES string of the molecule is COCCOCCOCC(N)(C#N)C1CC1. The van der Waals surface area contributed by atoms with E-state index in [0.29, 0.717) is 39.0 Å². The topological polar surface area (TPSA) is 77.5 Å². The van der Waals surface area contributed by atoms with Gasteiger partial charge in [-0.25, -0.2) is 0 Å². The molecule has 0 aromatic carbocycles. The van der Waals surface area contributed by atoms with Gasteiger partial charge >= 0.3 is 0 Å². The molecule has 1 rings (SSSR count). The molecule has 0 spiro atoms. The van der Waals surface area contributed by atoms with Crippen LogP contribution in [0.5, 0.6) is 0 Å². The third-order valence-electron chi connectivity index (χ3n) is 2.66. The number of nitrogens with two attached hydrogens (primary N) is 1. The third kappa shape index (κ3) is 4.45. The molecular formula is C11H20N2O3. The molecule has 0 aromatic rings. The van der Waals surface area contributed by atoms with Gasteiger partial charge in [-0.05, 0) is 18.8 Å². The maximum atomic E-state index is 8.97. The molecule has 1 unspecified atom stereocenters. The fourth-order valence-corrected chi connectivity index (χ4v) is 1.44. The average molecular weight is 228 g/mol. The van der Waals surface area contributed by atoms with E-state index in [9.17, 15) is 0 Å². The number of rotatable bonds is 9. The molecule has 0 aliphatic heterocycles. The van der Waals surface area contributed by atoms with Crippen molar-refractivity contribution in [3.8, 4) is 6.07 Å². The first-order valence-electron chi connectivity index (χ1n) is 5.57. The summed E-state index contributed by atoms with van der Waals surface area (Å²) in [5.74, 6) is 0.312. The van der Waals surface area contributed by atoms with E-state index >= 15 is 0 Å². The lowest BCUT2D eigenvalue weighted by Crippen LogP contribution is -2.45. The Morgan fingerprint density at radius 1 is 1.25 bits per heavy atom. The molecule has 0 bridgehead atoms. The largest absolute Gasteiger partial charge is 0.382 e. The Labute approximate surface area is 96.5 Å². The highest BCUT2D eigenvalue weighted by Crippen LogP contribution is 2.37. The van der Waals surface area contributed by atoms with E-state index < -0.39 is 5.54 Å². The van der Waals surface area contributed by atoms with E-state index in [1.54, 1.807) is 7.11 Å². The maximum Gasteiger partial charge on any atom is 0.130 e. The van der Waals surface area contributed by atoms with Crippen molar-refractivity contribution in [1.82, 2.24) is 0 Å². The molecule has 1 aliphatic rings. The summed E-state index contributed by atoms with van der Waals surface area (Å²) in [6, 6.07) is 2.14. The van der Waals surface area contributed by atoms with Gasteiger partial charge in [0.25, 0.3) is 0 Å². The van der Waals surface area contributed by atoms with Crippen LogP contribution in [0.2, 0.25) is 0 Å². The van der Waals surface area contributed by atoms with Gasteiger partial charge in [0, 0.05) is 7.11 Å². The Morgan fingerprint density at radius 3 is 2.44 bits per heavy atom. The van der Waals surface area contributed by atoms with Crippen molar-refractivity contribution in [3.63, 3.8) is 0 Å². The zero-order chi connectivity index (χ0) is 11.9. The van der Waals surface area contributed by atoms with Gasteiger partial charge in [0.15, 0.2) is 0 Å². The smallest absolute Gasteiger partial charge is 0.130 e. The van der Waals surface area contributed by atoms with Crippen LogP contribution in [0.1, 0.15) is 12.8 Å². The molecule has 0 aromatic heterocycles. The maximum absolute atomic E-state index is 8.97. The van der Waals surface area contributed by atoms with Crippen LogP contribution in [-0.4, -0.2) is 45.7 Å².